The van der Waals surface area contributed by atoms with Crippen LogP contribution in [-0.4, -0.2) is 36.5 Å². The van der Waals surface area contributed by atoms with Crippen LogP contribution in [0, 0.1) is 11.3 Å². The molecule has 0 aromatic carbocycles. The number of carbonyl (C=O) groups is 1. The van der Waals surface area contributed by atoms with E-state index in [4.69, 9.17) is 5.26 Å². The monoisotopic (exact) mass is 181 g/mol. The minimum absolute atomic E-state index is 0.00116. The van der Waals surface area contributed by atoms with Crippen molar-refractivity contribution in [3.63, 3.8) is 0 Å². The minimum Gasteiger partial charge on any atom is -0.353 e. The summed E-state index contributed by atoms with van der Waals surface area (Å²) in [5.41, 5.74) is 0. The maximum absolute atomic E-state index is 11.4. The van der Waals surface area contributed by atoms with E-state index in [2.05, 4.69) is 23.2 Å². The number of rotatable bonds is 3. The molecule has 13 heavy (non-hydrogen) atoms. The molecule has 0 aliphatic carbocycles. The third-order valence-corrected chi connectivity index (χ3v) is 2.24. The zero-order valence-electron chi connectivity index (χ0n) is 7.92. The van der Waals surface area contributed by atoms with Gasteiger partial charge < -0.3 is 5.32 Å². The van der Waals surface area contributed by atoms with Crippen molar-refractivity contribution in [2.75, 3.05) is 19.6 Å². The van der Waals surface area contributed by atoms with Gasteiger partial charge in [-0.1, -0.05) is 6.92 Å². The molecule has 0 radical (unpaired) electrons. The number of hydrogen-bond donors (Lipinski definition) is 1. The lowest BCUT2D eigenvalue weighted by Crippen LogP contribution is -2.55. The molecule has 4 heteroatoms. The number of hydrogen-bond acceptors (Lipinski definition) is 3. The summed E-state index contributed by atoms with van der Waals surface area (Å²) in [6.45, 7) is 4.56. The summed E-state index contributed by atoms with van der Waals surface area (Å²) in [6.07, 6.45) is 1.32. The molecule has 0 bridgehead atoms. The van der Waals surface area contributed by atoms with E-state index in [1.807, 2.05) is 0 Å². The number of nitrogens with zero attached hydrogens (tertiary/aromatic N) is 2. The Morgan fingerprint density at radius 3 is 3.15 bits per heavy atom. The van der Waals surface area contributed by atoms with Gasteiger partial charge >= 0.3 is 0 Å². The fraction of sp³-hybridized carbons (Fsp3) is 0.778. The van der Waals surface area contributed by atoms with Gasteiger partial charge in [0.2, 0.25) is 5.91 Å². The van der Waals surface area contributed by atoms with Gasteiger partial charge in [-0.2, -0.15) is 5.26 Å². The van der Waals surface area contributed by atoms with Crippen LogP contribution in [0.5, 0.6) is 0 Å². The molecular formula is C9H15N3O. The fourth-order valence-electron chi connectivity index (χ4n) is 1.63. The summed E-state index contributed by atoms with van der Waals surface area (Å²) in [4.78, 5) is 13.5. The van der Waals surface area contributed by atoms with Gasteiger partial charge in [-0.15, -0.1) is 0 Å². The quantitative estimate of drug-likeness (QED) is 0.672. The van der Waals surface area contributed by atoms with Gasteiger partial charge in [-0.05, 0) is 13.0 Å². The highest BCUT2D eigenvalue weighted by Gasteiger charge is 2.28. The van der Waals surface area contributed by atoms with Crippen molar-refractivity contribution >= 4 is 5.91 Å². The lowest BCUT2D eigenvalue weighted by atomic mass is 10.1. The van der Waals surface area contributed by atoms with Crippen LogP contribution in [0.3, 0.4) is 0 Å². The standard InChI is InChI=1S/C9H15N3O/c1-2-6-12-7-5-11-9(13)8(12)3-4-10/h8H,2-3,5-7H2,1H3,(H,11,13). The smallest absolute Gasteiger partial charge is 0.238 e. The maximum Gasteiger partial charge on any atom is 0.238 e. The first-order chi connectivity index (χ1) is 6.29. The van der Waals surface area contributed by atoms with Crippen LogP contribution >= 0.6 is 0 Å². The Hall–Kier alpha value is -1.08. The van der Waals surface area contributed by atoms with Crippen molar-refractivity contribution in [3.05, 3.63) is 0 Å². The predicted octanol–water partition coefficient (Wildman–Crippen LogP) is 0.110. The summed E-state index contributed by atoms with van der Waals surface area (Å²) in [6, 6.07) is 1.83. The van der Waals surface area contributed by atoms with Crippen molar-refractivity contribution in [1.82, 2.24) is 10.2 Å². The Kier molecular flexibility index (Phi) is 3.71. The molecule has 1 amide bonds. The lowest BCUT2D eigenvalue weighted by Gasteiger charge is -2.33. The van der Waals surface area contributed by atoms with Crippen LogP contribution in [0.4, 0.5) is 0 Å². The van der Waals surface area contributed by atoms with Crippen molar-refractivity contribution < 1.29 is 4.79 Å². The molecule has 1 fully saturated rings. The number of carbonyl (C=O) groups excluding carboxylic acids is 1. The van der Waals surface area contributed by atoms with Gasteiger partial charge in [0.05, 0.1) is 12.5 Å². The van der Waals surface area contributed by atoms with Crippen LogP contribution in [0.15, 0.2) is 0 Å². The van der Waals surface area contributed by atoms with E-state index in [-0.39, 0.29) is 11.9 Å². The maximum atomic E-state index is 11.4. The Labute approximate surface area is 78.5 Å². The molecule has 1 saturated heterocycles. The molecule has 1 aliphatic rings. The Balaban J connectivity index is 2.57. The van der Waals surface area contributed by atoms with Gasteiger partial charge in [0, 0.05) is 13.1 Å². The average Bonchev–Trinajstić information content (AvgIpc) is 2.11. The lowest BCUT2D eigenvalue weighted by molar-refractivity contribution is -0.128. The Bertz CT molecular complexity index is 219. The van der Waals surface area contributed by atoms with Crippen molar-refractivity contribution in [1.29, 1.82) is 5.26 Å². The van der Waals surface area contributed by atoms with Gasteiger partial charge in [0.1, 0.15) is 6.04 Å². The molecule has 1 N–H and O–H groups in total. The zero-order chi connectivity index (χ0) is 9.68. The summed E-state index contributed by atoms with van der Waals surface area (Å²) >= 11 is 0. The first-order valence-electron chi connectivity index (χ1n) is 4.68. The first kappa shape index (κ1) is 10.0. The second kappa shape index (κ2) is 4.83. The van der Waals surface area contributed by atoms with Crippen molar-refractivity contribution in [2.24, 2.45) is 0 Å². The third kappa shape index (κ3) is 2.43. The normalized spacial score (nSPS) is 23.7. The van der Waals surface area contributed by atoms with Gasteiger partial charge in [0.25, 0.3) is 0 Å². The average molecular weight is 181 g/mol. The second-order valence-corrected chi connectivity index (χ2v) is 3.21. The van der Waals surface area contributed by atoms with Crippen molar-refractivity contribution in [2.45, 2.75) is 25.8 Å². The minimum atomic E-state index is -0.223. The second-order valence-electron chi connectivity index (χ2n) is 3.21. The molecule has 0 aromatic heterocycles. The van der Waals surface area contributed by atoms with E-state index >= 15 is 0 Å². The molecule has 4 nitrogen and oxygen atoms in total. The molecule has 1 heterocycles. The van der Waals surface area contributed by atoms with E-state index < -0.39 is 0 Å². The van der Waals surface area contributed by atoms with Crippen LogP contribution in [0.25, 0.3) is 0 Å². The molecule has 1 unspecified atom stereocenters. The Morgan fingerprint density at radius 1 is 1.77 bits per heavy atom. The summed E-state index contributed by atoms with van der Waals surface area (Å²) < 4.78 is 0. The molecule has 1 rings (SSSR count). The molecule has 0 aromatic rings. The molecule has 1 aliphatic heterocycles. The predicted molar refractivity (Wildman–Crippen MR) is 48.9 cm³/mol. The first-order valence-corrected chi connectivity index (χ1v) is 4.68. The zero-order valence-corrected chi connectivity index (χ0v) is 7.92. The highest BCUT2D eigenvalue weighted by atomic mass is 16.2. The topological polar surface area (TPSA) is 56.1 Å². The van der Waals surface area contributed by atoms with E-state index in [0.717, 1.165) is 19.5 Å². The van der Waals surface area contributed by atoms with Crippen LogP contribution in [-0.2, 0) is 4.79 Å². The number of nitriles is 1. The van der Waals surface area contributed by atoms with Crippen molar-refractivity contribution in [3.8, 4) is 6.07 Å². The fourth-order valence-corrected chi connectivity index (χ4v) is 1.63. The molecule has 1 atom stereocenters. The van der Waals surface area contributed by atoms with E-state index in [0.29, 0.717) is 13.0 Å². The van der Waals surface area contributed by atoms with Crippen LogP contribution in [0.2, 0.25) is 0 Å². The molecular weight excluding hydrogens is 166 g/mol. The van der Waals surface area contributed by atoms with E-state index in [1.54, 1.807) is 0 Å². The van der Waals surface area contributed by atoms with E-state index in [1.165, 1.54) is 0 Å². The third-order valence-electron chi connectivity index (χ3n) is 2.24. The summed E-state index contributed by atoms with van der Waals surface area (Å²) in [5, 5.41) is 11.3. The highest BCUT2D eigenvalue weighted by molar-refractivity contribution is 5.82. The van der Waals surface area contributed by atoms with Gasteiger partial charge in [-0.3, -0.25) is 9.69 Å². The van der Waals surface area contributed by atoms with Gasteiger partial charge in [0.15, 0.2) is 0 Å². The number of amides is 1. The molecule has 0 spiro atoms. The van der Waals surface area contributed by atoms with Crippen LogP contribution in [0.1, 0.15) is 19.8 Å². The largest absolute Gasteiger partial charge is 0.353 e. The SMILES string of the molecule is CCCN1CCNC(=O)C1CC#N. The summed E-state index contributed by atoms with van der Waals surface area (Å²) in [7, 11) is 0. The summed E-state index contributed by atoms with van der Waals surface area (Å²) in [5.74, 6) is 0.00116. The molecule has 0 saturated carbocycles. The van der Waals surface area contributed by atoms with E-state index in [9.17, 15) is 4.79 Å². The highest BCUT2D eigenvalue weighted by Crippen LogP contribution is 2.08. The van der Waals surface area contributed by atoms with Crippen LogP contribution < -0.4 is 5.32 Å². The Morgan fingerprint density at radius 2 is 2.54 bits per heavy atom. The number of nitrogens with one attached hydrogen (secondary N) is 1. The van der Waals surface area contributed by atoms with Gasteiger partial charge in [-0.25, -0.2) is 0 Å². The number of piperazine rings is 1. The molecule has 72 valence electrons.